The van der Waals surface area contributed by atoms with Crippen LogP contribution in [-0.2, 0) is 0 Å². The fraction of sp³-hybridized carbons (Fsp3) is 0.935. The molecule has 0 heterocycles. The average Bonchev–Trinajstić information content (AvgIpc) is 2.85. The van der Waals surface area contributed by atoms with E-state index < -0.39 is 7.26 Å². The molecule has 1 unspecified atom stereocenters. The summed E-state index contributed by atoms with van der Waals surface area (Å²) >= 11 is 3.13. The molecule has 0 aromatic rings. The van der Waals surface area contributed by atoms with Gasteiger partial charge in [-0.1, -0.05) is 146 Å². The van der Waals surface area contributed by atoms with Crippen LogP contribution in [0.4, 0.5) is 0 Å². The third-order valence-electron chi connectivity index (χ3n) is 7.05. The highest BCUT2D eigenvalue weighted by Crippen LogP contribution is 2.61. The minimum absolute atomic E-state index is 0. The molecule has 0 saturated heterocycles. The van der Waals surface area contributed by atoms with Crippen molar-refractivity contribution in [3.05, 3.63) is 12.7 Å². The zero-order valence-electron chi connectivity index (χ0n) is 24.5. The molecule has 0 N–H and O–H groups in total. The molecule has 0 amide bonds. The summed E-state index contributed by atoms with van der Waals surface area (Å²) in [5.41, 5.74) is 0. The summed E-state index contributed by atoms with van der Waals surface area (Å²) in [4.78, 5) is 0. The first kappa shape index (κ1) is 39.6. The van der Waals surface area contributed by atoms with Crippen LogP contribution >= 0.6 is 33.1 Å². The van der Waals surface area contributed by atoms with Gasteiger partial charge in [0.05, 0.1) is 24.6 Å². The fourth-order valence-electron chi connectivity index (χ4n) is 4.79. The summed E-state index contributed by atoms with van der Waals surface area (Å²) < 4.78 is 0. The van der Waals surface area contributed by atoms with Crippen molar-refractivity contribution in [2.24, 2.45) is 0 Å². The molecule has 3 heteroatoms. The molecule has 1 atom stereocenters. The number of unbranched alkanes of at least 4 members (excludes halogenated alkanes) is 16. The van der Waals surface area contributed by atoms with Crippen LogP contribution in [0.5, 0.6) is 0 Å². The lowest BCUT2D eigenvalue weighted by Gasteiger charge is -2.28. The van der Waals surface area contributed by atoms with Gasteiger partial charge in [0.15, 0.2) is 0 Å². The van der Waals surface area contributed by atoms with E-state index in [1.807, 2.05) is 0 Å². The molecule has 0 bridgehead atoms. The average molecular weight is 583 g/mol. The van der Waals surface area contributed by atoms with Crippen molar-refractivity contribution in [2.45, 2.75) is 156 Å². The van der Waals surface area contributed by atoms with Crippen LogP contribution in [0.1, 0.15) is 156 Å². The zero-order valence-corrected chi connectivity index (χ0v) is 28.4. The lowest BCUT2D eigenvalue weighted by molar-refractivity contribution is 0.538. The molecule has 0 nitrogen and oxygen atoms in total. The first-order valence-corrected chi connectivity index (χ1v) is 18.8. The predicted molar refractivity (Wildman–Crippen MR) is 177 cm³/mol. The second-order valence-corrected chi connectivity index (χ2v) is 15.5. The monoisotopic (exact) mass is 581 g/mol. The maximum atomic E-state index is 3.43. The fourth-order valence-corrected chi connectivity index (χ4v) is 9.99. The summed E-state index contributed by atoms with van der Waals surface area (Å²) in [6.45, 7) is 12.9. The second kappa shape index (κ2) is 34.1. The van der Waals surface area contributed by atoms with Gasteiger partial charge in [-0.2, -0.15) is 9.90 Å². The van der Waals surface area contributed by atoms with Crippen LogP contribution in [0.3, 0.4) is 0 Å². The normalized spacial score (nSPS) is 11.0. The smallest absolute Gasteiger partial charge is 0.0594 e. The van der Waals surface area contributed by atoms with E-state index >= 15 is 0 Å². The maximum absolute atomic E-state index is 3.43. The van der Waals surface area contributed by atoms with Crippen molar-refractivity contribution in [2.75, 3.05) is 30.0 Å². The molecule has 0 aromatic heterocycles. The van der Waals surface area contributed by atoms with Gasteiger partial charge in [-0.25, -0.2) is 0 Å². The Hall–Kier alpha value is 1.08. The highest BCUT2D eigenvalue weighted by atomic mass is 79.9. The first-order chi connectivity index (χ1) is 16.2. The quantitative estimate of drug-likeness (QED) is 0.0435. The van der Waals surface area contributed by atoms with E-state index in [2.05, 4.69) is 50.2 Å². The third-order valence-corrected chi connectivity index (χ3v) is 12.6. The summed E-state index contributed by atoms with van der Waals surface area (Å²) in [6, 6.07) is 0. The van der Waals surface area contributed by atoms with Gasteiger partial charge in [0.25, 0.3) is 0 Å². The van der Waals surface area contributed by atoms with Gasteiger partial charge in [0.1, 0.15) is 0 Å². The summed E-state index contributed by atoms with van der Waals surface area (Å²) in [5.74, 6) is 0. The molecule has 34 heavy (non-hydrogen) atoms. The summed E-state index contributed by atoms with van der Waals surface area (Å²) in [5, 5.41) is 0.896. The molecule has 0 aliphatic heterocycles. The lowest BCUT2D eigenvalue weighted by Crippen LogP contribution is -2.13. The van der Waals surface area contributed by atoms with Crippen LogP contribution in [0.15, 0.2) is 12.7 Å². The van der Waals surface area contributed by atoms with E-state index in [4.69, 9.17) is 0 Å². The first-order valence-electron chi connectivity index (χ1n) is 15.2. The molecule has 208 valence electrons. The molecule has 0 fully saturated rings. The van der Waals surface area contributed by atoms with Crippen LogP contribution < -0.4 is 0 Å². The van der Waals surface area contributed by atoms with E-state index in [1.165, 1.54) is 122 Å². The molecular weight excluding hydrogens is 514 g/mol. The van der Waals surface area contributed by atoms with Crippen LogP contribution in [0.25, 0.3) is 0 Å². The number of hydrogen-bond donors (Lipinski definition) is 0. The molecule has 0 radical (unpaired) electrons. The van der Waals surface area contributed by atoms with E-state index in [0.29, 0.717) is 0 Å². The Morgan fingerprint density at radius 3 is 0.971 bits per heavy atom. The van der Waals surface area contributed by atoms with Gasteiger partial charge in [0.2, 0.25) is 0 Å². The van der Waals surface area contributed by atoms with E-state index in [0.717, 1.165) is 5.33 Å². The van der Waals surface area contributed by atoms with Crippen molar-refractivity contribution in [3.63, 3.8) is 0 Å². The van der Waals surface area contributed by atoms with Gasteiger partial charge >= 0.3 is 0 Å². The maximum Gasteiger partial charge on any atom is 0.0594 e. The number of alkyl halides is 1. The predicted octanol–water partition coefficient (Wildman–Crippen LogP) is 12.5. The summed E-state index contributed by atoms with van der Waals surface area (Å²) in [6.07, 6.45) is 37.7. The van der Waals surface area contributed by atoms with Crippen LogP contribution in [0.2, 0.25) is 0 Å². The van der Waals surface area contributed by atoms with Gasteiger partial charge in [0, 0.05) is 12.6 Å². The Bertz CT molecular complexity index is 338. The Morgan fingerprint density at radius 1 is 0.471 bits per heavy atom. The van der Waals surface area contributed by atoms with Gasteiger partial charge in [-0.05, 0) is 32.1 Å². The van der Waals surface area contributed by atoms with E-state index in [1.54, 1.807) is 37.1 Å². The SMILES string of the molecule is C=CCBr.CCCCCCCCCCCCCCCC[P+](CCCC)(CCCC)CCCC.P. The Kier molecular flexibility index (Phi) is 39.7. The number of allylic oxidation sites excluding steroid dienone is 1. The molecule has 0 aliphatic rings. The van der Waals surface area contributed by atoms with Crippen molar-refractivity contribution in [1.29, 1.82) is 0 Å². The number of hydrogen-bond acceptors (Lipinski definition) is 0. The van der Waals surface area contributed by atoms with Gasteiger partial charge in [-0.15, -0.1) is 6.58 Å². The second-order valence-electron chi connectivity index (χ2n) is 10.3. The van der Waals surface area contributed by atoms with Gasteiger partial charge < -0.3 is 0 Å². The molecule has 0 saturated carbocycles. The molecule has 0 aliphatic carbocycles. The molecular formula is C31H68BrP2+. The number of halogens is 1. The number of rotatable bonds is 25. The summed E-state index contributed by atoms with van der Waals surface area (Å²) in [7, 11) is -0.630. The van der Waals surface area contributed by atoms with Crippen molar-refractivity contribution >= 4 is 33.1 Å². The van der Waals surface area contributed by atoms with Crippen molar-refractivity contribution in [3.8, 4) is 0 Å². The van der Waals surface area contributed by atoms with Crippen LogP contribution in [-0.4, -0.2) is 30.0 Å². The highest BCUT2D eigenvalue weighted by Gasteiger charge is 2.34. The standard InChI is InChI=1S/C28H60P.C3H5Br.H3P/c1-5-9-13-14-15-16-17-18-19-20-21-22-23-24-28-29(25-10-6-2,26-11-7-3)27-12-8-4;1-2-3-4;/h5-28H2,1-4H3;2H,1,3H2;1H3/q+1;;. The van der Waals surface area contributed by atoms with Crippen molar-refractivity contribution in [1.82, 2.24) is 0 Å². The van der Waals surface area contributed by atoms with E-state index in [9.17, 15) is 0 Å². The topological polar surface area (TPSA) is 0 Å². The zero-order chi connectivity index (χ0) is 24.9. The molecule has 0 aromatic carbocycles. The van der Waals surface area contributed by atoms with Crippen LogP contribution in [0, 0.1) is 0 Å². The lowest BCUT2D eigenvalue weighted by atomic mass is 10.0. The Labute approximate surface area is 231 Å². The minimum Gasteiger partial charge on any atom is -0.153 e. The van der Waals surface area contributed by atoms with Gasteiger partial charge in [-0.3, -0.25) is 0 Å². The molecule has 0 spiro atoms. The largest absolute Gasteiger partial charge is 0.153 e. The minimum atomic E-state index is -0.630. The third kappa shape index (κ3) is 29.3. The van der Waals surface area contributed by atoms with E-state index in [-0.39, 0.29) is 9.90 Å². The highest BCUT2D eigenvalue weighted by molar-refractivity contribution is 9.09. The Balaban J connectivity index is -0.00000177. The Morgan fingerprint density at radius 2 is 0.706 bits per heavy atom. The molecule has 0 rings (SSSR count). The van der Waals surface area contributed by atoms with Crippen molar-refractivity contribution < 1.29 is 0 Å².